The van der Waals surface area contributed by atoms with Crippen molar-refractivity contribution in [3.8, 4) is 0 Å². The van der Waals surface area contributed by atoms with Gasteiger partial charge in [-0.2, -0.15) is 114 Å². The first-order chi connectivity index (χ1) is 29.6. The molecule has 2 aromatic heterocycles. The van der Waals surface area contributed by atoms with Crippen LogP contribution in [0.4, 0.5) is 114 Å². The molecule has 0 amide bonds. The van der Waals surface area contributed by atoms with Gasteiger partial charge in [0.2, 0.25) is 0 Å². The number of nitrogens with zero attached hydrogens (tertiary/aromatic N) is 2. The average Bonchev–Trinajstić information content (AvgIpc) is 3.18. The van der Waals surface area contributed by atoms with Crippen molar-refractivity contribution in [1.82, 2.24) is 0 Å². The second kappa shape index (κ2) is 20.6. The van der Waals surface area contributed by atoms with Crippen LogP contribution in [0.5, 0.6) is 0 Å². The first-order valence-corrected chi connectivity index (χ1v) is 19.5. The lowest BCUT2D eigenvalue weighted by atomic mass is 9.92. The number of pyridine rings is 2. The predicted molar refractivity (Wildman–Crippen MR) is 178 cm³/mol. The molecule has 0 saturated carbocycles. The van der Waals surface area contributed by atoms with Crippen LogP contribution in [0.2, 0.25) is 0 Å². The fourth-order valence-corrected chi connectivity index (χ4v) is 6.38. The molecular weight excluding hydrogens is 978 g/mol. The molecule has 0 unspecified atom stereocenters. The zero-order valence-corrected chi connectivity index (χ0v) is 33.7. The summed E-state index contributed by atoms with van der Waals surface area (Å²) in [5.74, 6) is -74.5. The van der Waals surface area contributed by atoms with E-state index in [2.05, 4.69) is 0 Å². The number of rotatable bonds is 27. The SMILES string of the molecule is FC(F)(F)C(F)(F)C(F)(F)C(F)(F)C(F)(F)C(F)(F)CC[n+]1ccccc1CCCCCCCCCCCCc1cccc[n+]1CCC(F)(F)C(F)(F)C(F)(F)C(F)(F)C(F)(F)C(F)(F)F. The van der Waals surface area contributed by atoms with E-state index < -0.39 is 97.5 Å². The maximum Gasteiger partial charge on any atom is 0.460 e. The number of alkyl halides is 26. The van der Waals surface area contributed by atoms with E-state index in [1.807, 2.05) is 0 Å². The molecule has 0 aromatic carbocycles. The Morgan fingerprint density at radius 3 is 0.788 bits per heavy atom. The number of halogens is 26. The molecule has 2 nitrogen and oxygen atoms in total. The van der Waals surface area contributed by atoms with Crippen LogP contribution < -0.4 is 9.13 Å². The molecule has 66 heavy (non-hydrogen) atoms. The molecule has 0 saturated heterocycles. The Morgan fingerprint density at radius 2 is 0.530 bits per heavy atom. The van der Waals surface area contributed by atoms with Crippen molar-refractivity contribution < 1.29 is 123 Å². The van der Waals surface area contributed by atoms with E-state index in [1.54, 1.807) is 0 Å². The molecule has 0 radical (unpaired) electrons. The molecule has 0 atom stereocenters. The van der Waals surface area contributed by atoms with Crippen LogP contribution in [0.3, 0.4) is 0 Å². The highest BCUT2D eigenvalue weighted by atomic mass is 19.4. The molecular formula is C38H40F26N2+2. The lowest BCUT2D eigenvalue weighted by molar-refractivity contribution is -0.707. The summed E-state index contributed by atoms with van der Waals surface area (Å²) in [4.78, 5) is 0. The summed E-state index contributed by atoms with van der Waals surface area (Å²) in [5.41, 5.74) is 0.311. The van der Waals surface area contributed by atoms with Crippen molar-refractivity contribution in [2.75, 3.05) is 0 Å². The van der Waals surface area contributed by atoms with Gasteiger partial charge in [-0.1, -0.05) is 63.5 Å². The van der Waals surface area contributed by atoms with E-state index in [1.165, 1.54) is 36.4 Å². The normalized spacial score (nSPS) is 14.9. The van der Waals surface area contributed by atoms with E-state index in [4.69, 9.17) is 0 Å². The van der Waals surface area contributed by atoms with Crippen LogP contribution in [0.15, 0.2) is 48.8 Å². The van der Waals surface area contributed by atoms with Gasteiger partial charge in [-0.15, -0.1) is 0 Å². The highest BCUT2D eigenvalue weighted by molar-refractivity contribution is 5.11. The molecule has 2 heterocycles. The van der Waals surface area contributed by atoms with Gasteiger partial charge in [0.1, 0.15) is 0 Å². The van der Waals surface area contributed by atoms with E-state index in [-0.39, 0.29) is 24.2 Å². The van der Waals surface area contributed by atoms with Crippen LogP contribution in [-0.4, -0.2) is 71.6 Å². The quantitative estimate of drug-likeness (QED) is 0.0479. The third-order valence-corrected chi connectivity index (χ3v) is 10.5. The van der Waals surface area contributed by atoms with Crippen molar-refractivity contribution in [1.29, 1.82) is 0 Å². The van der Waals surface area contributed by atoms with Crippen molar-refractivity contribution in [2.24, 2.45) is 0 Å². The summed E-state index contributed by atoms with van der Waals surface area (Å²) < 4.78 is 351. The zero-order chi connectivity index (χ0) is 51.3. The van der Waals surface area contributed by atoms with Gasteiger partial charge in [-0.05, 0) is 12.8 Å². The Labute approximate surface area is 358 Å². The van der Waals surface area contributed by atoms with Gasteiger partial charge in [0.25, 0.3) is 0 Å². The molecule has 2 rings (SSSR count). The first-order valence-electron chi connectivity index (χ1n) is 19.5. The standard InChI is InChI=1S/C38H40F26N2/c39-27(40,29(43,44)31(47,48)33(51,52)35(55,56)37(59,60)61)19-23-65-21-13-11-17-25(65)15-9-7-5-3-1-2-4-6-8-10-16-26-18-12-14-22-66(26)24-20-28(41,42)30(45,46)32(49,50)34(53,54)36(57,58)38(62,63)64/h11-14,17-18,21-22H,1-10,15-16,19-20,23-24H2/q+2. The monoisotopic (exact) mass is 1020 g/mol. The van der Waals surface area contributed by atoms with Crippen LogP contribution in [0.1, 0.15) is 88.4 Å². The Bertz CT molecular complexity index is 1700. The van der Waals surface area contributed by atoms with E-state index in [0.717, 1.165) is 21.5 Å². The molecule has 0 spiro atoms. The third-order valence-electron chi connectivity index (χ3n) is 10.5. The van der Waals surface area contributed by atoms with E-state index in [9.17, 15) is 114 Å². The number of hydrogen-bond acceptors (Lipinski definition) is 0. The number of unbranched alkanes of at least 4 members (excludes halogenated alkanes) is 9. The number of aryl methyl sites for hydroxylation is 4. The fourth-order valence-electron chi connectivity index (χ4n) is 6.38. The molecule has 0 aliphatic carbocycles. The average molecular weight is 1020 g/mol. The molecule has 28 heteroatoms. The molecule has 0 aliphatic heterocycles. The molecule has 0 fully saturated rings. The van der Waals surface area contributed by atoms with Gasteiger partial charge in [0.15, 0.2) is 36.9 Å². The van der Waals surface area contributed by atoms with Crippen molar-refractivity contribution >= 4 is 0 Å². The van der Waals surface area contributed by atoms with Gasteiger partial charge in [-0.25, -0.2) is 9.13 Å². The summed E-state index contributed by atoms with van der Waals surface area (Å²) in [6, 6.07) is 7.70. The van der Waals surface area contributed by atoms with Crippen LogP contribution in [0.25, 0.3) is 0 Å². The Balaban J connectivity index is 1.81. The summed E-state index contributed by atoms with van der Waals surface area (Å²) >= 11 is 0. The van der Waals surface area contributed by atoms with Crippen molar-refractivity contribution in [3.05, 3.63) is 60.2 Å². The minimum atomic E-state index is -7.98. The van der Waals surface area contributed by atoms with Gasteiger partial charge < -0.3 is 0 Å². The second-order valence-electron chi connectivity index (χ2n) is 15.3. The third kappa shape index (κ3) is 11.7. The summed E-state index contributed by atoms with van der Waals surface area (Å²) in [5, 5.41) is 0. The lowest BCUT2D eigenvalue weighted by Gasteiger charge is -2.39. The minimum Gasteiger partial charge on any atom is -0.202 e. The van der Waals surface area contributed by atoms with Crippen LogP contribution in [-0.2, 0) is 25.9 Å². The van der Waals surface area contributed by atoms with Crippen molar-refractivity contribution in [3.63, 3.8) is 0 Å². The molecule has 0 N–H and O–H groups in total. The topological polar surface area (TPSA) is 7.76 Å². The summed E-state index contributed by atoms with van der Waals surface area (Å²) in [6.45, 7) is -2.55. The van der Waals surface area contributed by atoms with Gasteiger partial charge in [-0.3, -0.25) is 0 Å². The summed E-state index contributed by atoms with van der Waals surface area (Å²) in [7, 11) is 0. The maximum absolute atomic E-state index is 14.3. The largest absolute Gasteiger partial charge is 0.460 e. The Morgan fingerprint density at radius 1 is 0.288 bits per heavy atom. The minimum absolute atomic E-state index is 0.0763. The predicted octanol–water partition coefficient (Wildman–Crippen LogP) is 14.2. The summed E-state index contributed by atoms with van der Waals surface area (Å²) in [6.07, 6.45) is -12.0. The lowest BCUT2D eigenvalue weighted by Crippen LogP contribution is -2.70. The highest BCUT2D eigenvalue weighted by Crippen LogP contribution is 2.62. The zero-order valence-electron chi connectivity index (χ0n) is 33.7. The van der Waals surface area contributed by atoms with Gasteiger partial charge in [0, 0.05) is 37.1 Å². The number of aromatic nitrogens is 2. The molecule has 2 aromatic rings. The van der Waals surface area contributed by atoms with Gasteiger partial charge >= 0.3 is 71.6 Å². The first kappa shape index (κ1) is 58.6. The van der Waals surface area contributed by atoms with E-state index in [0.29, 0.717) is 64.2 Å². The number of hydrogen-bond donors (Lipinski definition) is 0. The smallest absolute Gasteiger partial charge is 0.202 e. The molecule has 382 valence electrons. The second-order valence-corrected chi connectivity index (χ2v) is 15.3. The Kier molecular flexibility index (Phi) is 18.3. The highest BCUT2D eigenvalue weighted by Gasteiger charge is 2.92. The fraction of sp³-hybridized carbons (Fsp3) is 0.737. The van der Waals surface area contributed by atoms with E-state index >= 15 is 0 Å². The Hall–Kier alpha value is -3.52. The maximum atomic E-state index is 14.3. The van der Waals surface area contributed by atoms with Gasteiger partial charge in [0.05, 0.1) is 12.8 Å². The molecule has 0 bridgehead atoms. The molecule has 0 aliphatic rings. The van der Waals surface area contributed by atoms with Crippen LogP contribution in [0, 0.1) is 0 Å². The van der Waals surface area contributed by atoms with Crippen molar-refractivity contribution in [2.45, 2.75) is 175 Å². The van der Waals surface area contributed by atoms with Crippen LogP contribution >= 0.6 is 0 Å².